The molecule has 0 aromatic heterocycles. The summed E-state index contributed by atoms with van der Waals surface area (Å²) >= 11 is 0. The topological polar surface area (TPSA) is 38.8 Å². The summed E-state index contributed by atoms with van der Waals surface area (Å²) in [6, 6.07) is 3.81. The Morgan fingerprint density at radius 2 is 1.88 bits per heavy atom. The molecule has 0 aliphatic carbocycles. The number of fused-ring (bicyclic) bond motifs is 1. The molecule has 2 rings (SSSR count). The lowest BCUT2D eigenvalue weighted by Gasteiger charge is -2.16. The third-order valence-electron chi connectivity index (χ3n) is 2.86. The Hall–Kier alpha value is -1.71. The standard InChI is InChI=1S/C12H15NO3/c1-8(14)13-5-4-9-6-11(15-2)12(16-3)7-10(9)13/h6-7H,4-5H2,1-3H3. The van der Waals surface area contributed by atoms with Crippen molar-refractivity contribution in [3.8, 4) is 11.5 Å². The first kappa shape index (κ1) is 10.8. The van der Waals surface area contributed by atoms with Crippen molar-refractivity contribution in [1.82, 2.24) is 0 Å². The molecule has 0 radical (unpaired) electrons. The smallest absolute Gasteiger partial charge is 0.223 e. The molecule has 0 atom stereocenters. The van der Waals surface area contributed by atoms with Crippen LogP contribution in [0.25, 0.3) is 0 Å². The van der Waals surface area contributed by atoms with Crippen LogP contribution in [0.4, 0.5) is 5.69 Å². The minimum Gasteiger partial charge on any atom is -0.493 e. The predicted molar refractivity (Wildman–Crippen MR) is 61.3 cm³/mol. The van der Waals surface area contributed by atoms with Crippen LogP contribution in [0.5, 0.6) is 11.5 Å². The number of methoxy groups -OCH3 is 2. The second-order valence-corrected chi connectivity index (χ2v) is 3.76. The van der Waals surface area contributed by atoms with Crippen molar-refractivity contribution in [2.75, 3.05) is 25.7 Å². The van der Waals surface area contributed by atoms with Gasteiger partial charge in [-0.05, 0) is 18.1 Å². The zero-order valence-electron chi connectivity index (χ0n) is 9.74. The largest absolute Gasteiger partial charge is 0.493 e. The van der Waals surface area contributed by atoms with Gasteiger partial charge in [-0.2, -0.15) is 0 Å². The van der Waals surface area contributed by atoms with Crippen LogP contribution in [0.1, 0.15) is 12.5 Å². The number of nitrogens with zero attached hydrogens (tertiary/aromatic N) is 1. The van der Waals surface area contributed by atoms with Gasteiger partial charge in [0.1, 0.15) is 0 Å². The van der Waals surface area contributed by atoms with E-state index in [4.69, 9.17) is 9.47 Å². The Morgan fingerprint density at radius 3 is 2.44 bits per heavy atom. The quantitative estimate of drug-likeness (QED) is 0.761. The highest BCUT2D eigenvalue weighted by Gasteiger charge is 2.24. The number of hydrogen-bond donors (Lipinski definition) is 0. The fourth-order valence-electron chi connectivity index (χ4n) is 2.04. The molecule has 1 aliphatic heterocycles. The van der Waals surface area contributed by atoms with Crippen molar-refractivity contribution >= 4 is 11.6 Å². The highest BCUT2D eigenvalue weighted by atomic mass is 16.5. The molecule has 0 unspecified atom stereocenters. The normalized spacial score (nSPS) is 13.6. The SMILES string of the molecule is COc1cc2c(cc1OC)N(C(C)=O)CC2. The van der Waals surface area contributed by atoms with E-state index in [1.165, 1.54) is 0 Å². The second kappa shape index (κ2) is 4.04. The van der Waals surface area contributed by atoms with Gasteiger partial charge >= 0.3 is 0 Å². The lowest BCUT2D eigenvalue weighted by atomic mass is 10.1. The van der Waals surface area contributed by atoms with E-state index in [-0.39, 0.29) is 5.91 Å². The number of amides is 1. The molecule has 0 saturated heterocycles. The van der Waals surface area contributed by atoms with Gasteiger partial charge in [-0.1, -0.05) is 0 Å². The third-order valence-corrected chi connectivity index (χ3v) is 2.86. The minimum atomic E-state index is 0.0611. The Morgan fingerprint density at radius 1 is 1.25 bits per heavy atom. The summed E-state index contributed by atoms with van der Waals surface area (Å²) in [5, 5.41) is 0. The van der Waals surface area contributed by atoms with Gasteiger partial charge in [-0.25, -0.2) is 0 Å². The van der Waals surface area contributed by atoms with E-state index in [1.807, 2.05) is 12.1 Å². The first-order valence-electron chi connectivity index (χ1n) is 5.20. The summed E-state index contributed by atoms with van der Waals surface area (Å²) in [6.45, 7) is 2.31. The van der Waals surface area contributed by atoms with Gasteiger partial charge in [0, 0.05) is 19.5 Å². The molecule has 0 spiro atoms. The first-order chi connectivity index (χ1) is 7.67. The zero-order chi connectivity index (χ0) is 11.7. The maximum absolute atomic E-state index is 11.4. The molecular formula is C12H15NO3. The van der Waals surface area contributed by atoms with Gasteiger partial charge in [-0.3, -0.25) is 4.79 Å². The van der Waals surface area contributed by atoms with E-state index in [1.54, 1.807) is 26.0 Å². The average Bonchev–Trinajstić information content (AvgIpc) is 2.69. The van der Waals surface area contributed by atoms with Crippen molar-refractivity contribution in [1.29, 1.82) is 0 Å². The van der Waals surface area contributed by atoms with Crippen molar-refractivity contribution in [3.05, 3.63) is 17.7 Å². The van der Waals surface area contributed by atoms with Crippen LogP contribution >= 0.6 is 0 Å². The highest BCUT2D eigenvalue weighted by molar-refractivity contribution is 5.94. The van der Waals surface area contributed by atoms with Crippen molar-refractivity contribution < 1.29 is 14.3 Å². The van der Waals surface area contributed by atoms with E-state index in [9.17, 15) is 4.79 Å². The van der Waals surface area contributed by atoms with E-state index in [2.05, 4.69) is 0 Å². The minimum absolute atomic E-state index is 0.0611. The number of carbonyl (C=O) groups excluding carboxylic acids is 1. The second-order valence-electron chi connectivity index (χ2n) is 3.76. The maximum Gasteiger partial charge on any atom is 0.223 e. The molecular weight excluding hydrogens is 206 g/mol. The molecule has 0 saturated carbocycles. The lowest BCUT2D eigenvalue weighted by molar-refractivity contribution is -0.116. The number of rotatable bonds is 2. The van der Waals surface area contributed by atoms with Gasteiger partial charge in [-0.15, -0.1) is 0 Å². The molecule has 0 fully saturated rings. The Balaban J connectivity index is 2.48. The van der Waals surface area contributed by atoms with Crippen LogP contribution in [0, 0.1) is 0 Å². The van der Waals surface area contributed by atoms with Crippen LogP contribution in [-0.2, 0) is 11.2 Å². The maximum atomic E-state index is 11.4. The number of carbonyl (C=O) groups is 1. The van der Waals surface area contributed by atoms with Gasteiger partial charge < -0.3 is 14.4 Å². The van der Waals surface area contributed by atoms with Gasteiger partial charge in [0.2, 0.25) is 5.91 Å². The summed E-state index contributed by atoms with van der Waals surface area (Å²) in [4.78, 5) is 13.2. The van der Waals surface area contributed by atoms with E-state index < -0.39 is 0 Å². The predicted octanol–water partition coefficient (Wildman–Crippen LogP) is 1.61. The summed E-state index contributed by atoms with van der Waals surface area (Å²) in [7, 11) is 3.21. The highest BCUT2D eigenvalue weighted by Crippen LogP contribution is 2.38. The molecule has 4 heteroatoms. The van der Waals surface area contributed by atoms with E-state index >= 15 is 0 Å². The molecule has 1 amide bonds. The van der Waals surface area contributed by atoms with Crippen molar-refractivity contribution in [2.45, 2.75) is 13.3 Å². The first-order valence-corrected chi connectivity index (χ1v) is 5.20. The summed E-state index contributed by atoms with van der Waals surface area (Å²) in [6.07, 6.45) is 0.870. The van der Waals surface area contributed by atoms with Gasteiger partial charge in [0.15, 0.2) is 11.5 Å². The molecule has 0 bridgehead atoms. The Kier molecular flexibility index (Phi) is 2.73. The van der Waals surface area contributed by atoms with Crippen LogP contribution in [0.15, 0.2) is 12.1 Å². The fourth-order valence-corrected chi connectivity index (χ4v) is 2.04. The summed E-state index contributed by atoms with van der Waals surface area (Å²) in [5.41, 5.74) is 2.07. The summed E-state index contributed by atoms with van der Waals surface area (Å²) < 4.78 is 10.5. The fraction of sp³-hybridized carbons (Fsp3) is 0.417. The Labute approximate surface area is 94.8 Å². The van der Waals surface area contributed by atoms with Crippen LogP contribution in [0.3, 0.4) is 0 Å². The van der Waals surface area contributed by atoms with Crippen molar-refractivity contribution in [3.63, 3.8) is 0 Å². The van der Waals surface area contributed by atoms with Gasteiger partial charge in [0.25, 0.3) is 0 Å². The molecule has 1 heterocycles. The lowest BCUT2D eigenvalue weighted by Crippen LogP contribution is -2.25. The van der Waals surface area contributed by atoms with E-state index in [0.717, 1.165) is 24.2 Å². The Bertz CT molecular complexity index is 429. The molecule has 86 valence electrons. The number of anilines is 1. The average molecular weight is 221 g/mol. The number of hydrogen-bond acceptors (Lipinski definition) is 3. The molecule has 4 nitrogen and oxygen atoms in total. The molecule has 0 N–H and O–H groups in total. The monoisotopic (exact) mass is 221 g/mol. The third kappa shape index (κ3) is 1.60. The van der Waals surface area contributed by atoms with E-state index in [0.29, 0.717) is 11.5 Å². The molecule has 1 aliphatic rings. The molecule has 1 aromatic carbocycles. The van der Waals surface area contributed by atoms with Crippen LogP contribution < -0.4 is 14.4 Å². The zero-order valence-corrected chi connectivity index (χ0v) is 9.74. The number of benzene rings is 1. The molecule has 16 heavy (non-hydrogen) atoms. The number of ether oxygens (including phenoxy) is 2. The summed E-state index contributed by atoms with van der Waals surface area (Å²) in [5.74, 6) is 1.44. The van der Waals surface area contributed by atoms with Crippen LogP contribution in [0.2, 0.25) is 0 Å². The van der Waals surface area contributed by atoms with Gasteiger partial charge in [0.05, 0.1) is 19.9 Å². The molecule has 1 aromatic rings. The van der Waals surface area contributed by atoms with Crippen molar-refractivity contribution in [2.24, 2.45) is 0 Å². The van der Waals surface area contributed by atoms with Crippen LogP contribution in [-0.4, -0.2) is 26.7 Å².